The molecule has 5 heteroatoms. The standard InChI is InChI=1S/C12H6BrClN2S/c13-10-8(7-4-2-1-3-5-7)9-11(14)15-6-16-12(9)17-10/h1-6H. The predicted octanol–water partition coefficient (Wildman–Crippen LogP) is 4.77. The van der Waals surface area contributed by atoms with Crippen molar-refractivity contribution in [1.29, 1.82) is 0 Å². The van der Waals surface area contributed by atoms with E-state index in [0.717, 1.165) is 25.1 Å². The van der Waals surface area contributed by atoms with Gasteiger partial charge in [-0.05, 0) is 21.5 Å². The molecular formula is C12H6BrClN2S. The van der Waals surface area contributed by atoms with Crippen LogP contribution in [0.2, 0.25) is 5.15 Å². The van der Waals surface area contributed by atoms with Crippen molar-refractivity contribution in [2.45, 2.75) is 0 Å². The molecule has 0 bridgehead atoms. The van der Waals surface area contributed by atoms with Crippen LogP contribution in [0.3, 0.4) is 0 Å². The van der Waals surface area contributed by atoms with Crippen LogP contribution in [0.5, 0.6) is 0 Å². The zero-order valence-corrected chi connectivity index (χ0v) is 11.7. The lowest BCUT2D eigenvalue weighted by Gasteiger charge is -2.01. The molecule has 0 aliphatic heterocycles. The normalized spacial score (nSPS) is 10.9. The van der Waals surface area contributed by atoms with Gasteiger partial charge in [0.05, 0.1) is 9.17 Å². The fourth-order valence-corrected chi connectivity index (χ4v) is 3.80. The van der Waals surface area contributed by atoms with Gasteiger partial charge in [0.1, 0.15) is 16.3 Å². The van der Waals surface area contributed by atoms with Crippen LogP contribution in [0.1, 0.15) is 0 Å². The number of hydrogen-bond acceptors (Lipinski definition) is 3. The zero-order chi connectivity index (χ0) is 11.8. The third kappa shape index (κ3) is 1.86. The molecule has 84 valence electrons. The Morgan fingerprint density at radius 1 is 1.12 bits per heavy atom. The van der Waals surface area contributed by atoms with Crippen LogP contribution < -0.4 is 0 Å². The summed E-state index contributed by atoms with van der Waals surface area (Å²) in [6.07, 6.45) is 1.49. The van der Waals surface area contributed by atoms with Crippen LogP contribution in [0.4, 0.5) is 0 Å². The number of nitrogens with zero attached hydrogens (tertiary/aromatic N) is 2. The predicted molar refractivity (Wildman–Crippen MR) is 75.6 cm³/mol. The summed E-state index contributed by atoms with van der Waals surface area (Å²) in [6.45, 7) is 0. The second kappa shape index (κ2) is 4.37. The van der Waals surface area contributed by atoms with Gasteiger partial charge in [-0.1, -0.05) is 41.9 Å². The van der Waals surface area contributed by atoms with Gasteiger partial charge in [-0.2, -0.15) is 0 Å². The number of hydrogen-bond donors (Lipinski definition) is 0. The van der Waals surface area contributed by atoms with Gasteiger partial charge >= 0.3 is 0 Å². The van der Waals surface area contributed by atoms with E-state index in [9.17, 15) is 0 Å². The molecule has 1 aromatic carbocycles. The number of fused-ring (bicyclic) bond motifs is 1. The molecule has 0 spiro atoms. The van der Waals surface area contributed by atoms with Crippen molar-refractivity contribution in [3.63, 3.8) is 0 Å². The average molecular weight is 326 g/mol. The Hall–Kier alpha value is -0.970. The van der Waals surface area contributed by atoms with Gasteiger partial charge in [-0.3, -0.25) is 0 Å². The largest absolute Gasteiger partial charge is 0.225 e. The van der Waals surface area contributed by atoms with Gasteiger partial charge < -0.3 is 0 Å². The lowest BCUT2D eigenvalue weighted by atomic mass is 10.1. The summed E-state index contributed by atoms with van der Waals surface area (Å²) in [5.41, 5.74) is 2.18. The quantitative estimate of drug-likeness (QED) is 0.602. The third-order valence-electron chi connectivity index (χ3n) is 2.46. The maximum atomic E-state index is 6.16. The first kappa shape index (κ1) is 11.1. The molecule has 2 aromatic heterocycles. The fraction of sp³-hybridized carbons (Fsp3) is 0. The zero-order valence-electron chi connectivity index (χ0n) is 8.52. The Morgan fingerprint density at radius 2 is 1.88 bits per heavy atom. The number of thiophene rings is 1. The Labute approximate surface area is 115 Å². The van der Waals surface area contributed by atoms with Crippen molar-refractivity contribution in [1.82, 2.24) is 9.97 Å². The van der Waals surface area contributed by atoms with Gasteiger partial charge in [-0.25, -0.2) is 9.97 Å². The van der Waals surface area contributed by atoms with Crippen molar-refractivity contribution in [2.24, 2.45) is 0 Å². The second-order valence-corrected chi connectivity index (χ2v) is 6.14. The van der Waals surface area contributed by atoms with E-state index in [1.54, 1.807) is 11.3 Å². The molecule has 0 fully saturated rings. The third-order valence-corrected chi connectivity index (χ3v) is 4.52. The van der Waals surface area contributed by atoms with Gasteiger partial charge in [0.25, 0.3) is 0 Å². The first-order valence-corrected chi connectivity index (χ1v) is 6.90. The van der Waals surface area contributed by atoms with E-state index in [0.29, 0.717) is 5.15 Å². The lowest BCUT2D eigenvalue weighted by Crippen LogP contribution is -1.81. The van der Waals surface area contributed by atoms with Crippen molar-refractivity contribution in [2.75, 3.05) is 0 Å². The van der Waals surface area contributed by atoms with Crippen LogP contribution in [-0.4, -0.2) is 9.97 Å². The number of rotatable bonds is 1. The maximum Gasteiger partial charge on any atom is 0.141 e. The van der Waals surface area contributed by atoms with Crippen molar-refractivity contribution >= 4 is 49.1 Å². The number of benzene rings is 1. The molecular weight excluding hydrogens is 320 g/mol. The highest BCUT2D eigenvalue weighted by Gasteiger charge is 2.16. The van der Waals surface area contributed by atoms with E-state index in [1.165, 1.54) is 6.33 Å². The summed E-state index contributed by atoms with van der Waals surface area (Å²) >= 11 is 11.3. The van der Waals surface area contributed by atoms with Gasteiger partial charge in [0.2, 0.25) is 0 Å². The van der Waals surface area contributed by atoms with Crippen LogP contribution in [0.25, 0.3) is 21.3 Å². The smallest absolute Gasteiger partial charge is 0.141 e. The van der Waals surface area contributed by atoms with E-state index in [4.69, 9.17) is 11.6 Å². The average Bonchev–Trinajstić information content (AvgIpc) is 2.68. The minimum atomic E-state index is 0.496. The Balaban J connectivity index is 2.40. The molecule has 0 unspecified atom stereocenters. The molecule has 0 amide bonds. The lowest BCUT2D eigenvalue weighted by molar-refractivity contribution is 1.23. The van der Waals surface area contributed by atoms with Crippen molar-refractivity contribution in [3.8, 4) is 11.1 Å². The van der Waals surface area contributed by atoms with Crippen LogP contribution in [0, 0.1) is 0 Å². The van der Waals surface area contributed by atoms with Crippen molar-refractivity contribution in [3.05, 3.63) is 45.6 Å². The Kier molecular flexibility index (Phi) is 2.86. The molecule has 17 heavy (non-hydrogen) atoms. The first-order valence-electron chi connectivity index (χ1n) is 4.91. The van der Waals surface area contributed by atoms with Crippen LogP contribution in [-0.2, 0) is 0 Å². The van der Waals surface area contributed by atoms with Gasteiger partial charge in [0.15, 0.2) is 0 Å². The molecule has 0 radical (unpaired) electrons. The maximum absolute atomic E-state index is 6.16. The van der Waals surface area contributed by atoms with E-state index in [-0.39, 0.29) is 0 Å². The number of halogens is 2. The summed E-state index contributed by atoms with van der Waals surface area (Å²) < 4.78 is 1.03. The van der Waals surface area contributed by atoms with Crippen LogP contribution >= 0.6 is 38.9 Å². The van der Waals surface area contributed by atoms with Gasteiger partial charge in [0, 0.05) is 5.56 Å². The first-order chi connectivity index (χ1) is 8.27. The Morgan fingerprint density at radius 3 is 2.65 bits per heavy atom. The van der Waals surface area contributed by atoms with Crippen LogP contribution in [0.15, 0.2) is 40.4 Å². The second-order valence-electron chi connectivity index (χ2n) is 3.46. The van der Waals surface area contributed by atoms with Gasteiger partial charge in [-0.15, -0.1) is 11.3 Å². The fourth-order valence-electron chi connectivity index (χ4n) is 1.73. The SMILES string of the molecule is Clc1ncnc2sc(Br)c(-c3ccccc3)c12. The molecule has 0 aliphatic carbocycles. The topological polar surface area (TPSA) is 25.8 Å². The monoisotopic (exact) mass is 324 g/mol. The summed E-state index contributed by atoms with van der Waals surface area (Å²) in [4.78, 5) is 9.19. The number of aromatic nitrogens is 2. The molecule has 0 N–H and O–H groups in total. The van der Waals surface area contributed by atoms with E-state index >= 15 is 0 Å². The summed E-state index contributed by atoms with van der Waals surface area (Å²) in [5, 5.41) is 1.41. The molecule has 0 aliphatic rings. The highest BCUT2D eigenvalue weighted by molar-refractivity contribution is 9.11. The molecule has 2 heterocycles. The summed E-state index contributed by atoms with van der Waals surface area (Å²) in [6, 6.07) is 10.1. The minimum absolute atomic E-state index is 0.496. The molecule has 3 rings (SSSR count). The Bertz CT molecular complexity index is 682. The van der Waals surface area contributed by atoms with E-state index in [1.807, 2.05) is 18.2 Å². The highest BCUT2D eigenvalue weighted by Crippen LogP contribution is 2.43. The van der Waals surface area contributed by atoms with E-state index in [2.05, 4.69) is 38.0 Å². The van der Waals surface area contributed by atoms with Crippen molar-refractivity contribution < 1.29 is 0 Å². The highest BCUT2D eigenvalue weighted by atomic mass is 79.9. The molecule has 0 saturated carbocycles. The minimum Gasteiger partial charge on any atom is -0.225 e. The molecule has 3 aromatic rings. The molecule has 0 saturated heterocycles. The summed E-state index contributed by atoms with van der Waals surface area (Å²) in [5.74, 6) is 0. The van der Waals surface area contributed by atoms with E-state index < -0.39 is 0 Å². The molecule has 0 atom stereocenters. The summed E-state index contributed by atoms with van der Waals surface area (Å²) in [7, 11) is 0. The molecule has 2 nitrogen and oxygen atoms in total.